The van der Waals surface area contributed by atoms with Crippen molar-refractivity contribution in [2.75, 3.05) is 13.1 Å². The molecule has 2 heterocycles. The lowest BCUT2D eigenvalue weighted by molar-refractivity contribution is 0.148. The highest BCUT2D eigenvalue weighted by Gasteiger charge is 2.56. The van der Waals surface area contributed by atoms with Gasteiger partial charge in [-0.15, -0.1) is 10.2 Å². The Morgan fingerprint density at radius 1 is 1.53 bits per heavy atom. The second-order valence-corrected chi connectivity index (χ2v) is 4.21. The van der Waals surface area contributed by atoms with E-state index in [0.29, 0.717) is 30.8 Å². The Morgan fingerprint density at radius 3 is 2.80 bits per heavy atom. The lowest BCUT2D eigenvalue weighted by Crippen LogP contribution is -2.30. The first-order valence-electron chi connectivity index (χ1n) is 4.96. The van der Waals surface area contributed by atoms with Gasteiger partial charge in [0.1, 0.15) is 0 Å². The maximum atomic E-state index is 10.7. The number of hydrogen-bond acceptors (Lipinski definition) is 4. The van der Waals surface area contributed by atoms with Gasteiger partial charge in [0.05, 0.1) is 0 Å². The molecule has 1 aliphatic heterocycles. The Kier molecular flexibility index (Phi) is 1.68. The Morgan fingerprint density at radius 2 is 2.27 bits per heavy atom. The number of carboxylic acid groups (broad SMARTS) is 1. The van der Waals surface area contributed by atoms with Crippen molar-refractivity contribution in [1.29, 1.82) is 0 Å². The van der Waals surface area contributed by atoms with Gasteiger partial charge >= 0.3 is 6.09 Å². The SMILES string of the molecule is O=C(O)N1C[C@@H]2C(Cc3nn[nH]n3)[C@@H]2C1. The third kappa shape index (κ3) is 1.34. The quantitative estimate of drug-likeness (QED) is 0.690. The number of aromatic nitrogens is 4. The minimum Gasteiger partial charge on any atom is -0.465 e. The van der Waals surface area contributed by atoms with Gasteiger partial charge in [-0.3, -0.25) is 0 Å². The number of likely N-dealkylation sites (tertiary alicyclic amines) is 1. The van der Waals surface area contributed by atoms with Crippen molar-refractivity contribution >= 4 is 6.09 Å². The Bertz CT molecular complexity index is 366. The van der Waals surface area contributed by atoms with E-state index in [2.05, 4.69) is 20.6 Å². The van der Waals surface area contributed by atoms with Crippen LogP contribution >= 0.6 is 0 Å². The maximum Gasteiger partial charge on any atom is 0.407 e. The summed E-state index contributed by atoms with van der Waals surface area (Å²) in [5.74, 6) is 2.31. The van der Waals surface area contributed by atoms with Crippen LogP contribution in [0.4, 0.5) is 4.79 Å². The van der Waals surface area contributed by atoms with Gasteiger partial charge in [-0.2, -0.15) is 5.21 Å². The predicted octanol–water partition coefficient (Wildman–Crippen LogP) is -0.402. The van der Waals surface area contributed by atoms with Crippen LogP contribution in [0.25, 0.3) is 0 Å². The molecule has 1 saturated carbocycles. The van der Waals surface area contributed by atoms with E-state index in [1.54, 1.807) is 0 Å². The number of piperidine rings is 1. The lowest BCUT2D eigenvalue weighted by atomic mass is 10.2. The molecule has 1 aromatic rings. The molecule has 0 aromatic carbocycles. The molecule has 2 aliphatic rings. The number of H-pyrrole nitrogens is 1. The molecule has 2 N–H and O–H groups in total. The first-order valence-corrected chi connectivity index (χ1v) is 4.96. The second kappa shape index (κ2) is 2.91. The lowest BCUT2D eigenvalue weighted by Gasteiger charge is -2.14. The number of nitrogens with zero attached hydrogens (tertiary/aromatic N) is 4. The van der Waals surface area contributed by atoms with E-state index < -0.39 is 6.09 Å². The number of hydrogen-bond donors (Lipinski definition) is 2. The minimum atomic E-state index is -0.805. The summed E-state index contributed by atoms with van der Waals surface area (Å²) >= 11 is 0. The topological polar surface area (TPSA) is 95.0 Å². The average molecular weight is 209 g/mol. The van der Waals surface area contributed by atoms with E-state index in [-0.39, 0.29) is 0 Å². The van der Waals surface area contributed by atoms with Gasteiger partial charge in [-0.1, -0.05) is 5.21 Å². The van der Waals surface area contributed by atoms with Gasteiger partial charge in [0, 0.05) is 19.5 Å². The molecule has 0 spiro atoms. The van der Waals surface area contributed by atoms with Crippen LogP contribution in [-0.2, 0) is 6.42 Å². The maximum absolute atomic E-state index is 10.7. The molecule has 7 nitrogen and oxygen atoms in total. The predicted molar refractivity (Wildman–Crippen MR) is 47.9 cm³/mol. The number of fused-ring (bicyclic) bond motifs is 1. The summed E-state index contributed by atoms with van der Waals surface area (Å²) in [6.45, 7) is 1.34. The van der Waals surface area contributed by atoms with E-state index in [9.17, 15) is 4.79 Å². The molecule has 0 bridgehead atoms. The monoisotopic (exact) mass is 209 g/mol. The fourth-order valence-electron chi connectivity index (χ4n) is 2.59. The molecule has 0 radical (unpaired) electrons. The van der Waals surface area contributed by atoms with E-state index in [0.717, 1.165) is 12.2 Å². The summed E-state index contributed by atoms with van der Waals surface area (Å²) in [5.41, 5.74) is 0. The smallest absolute Gasteiger partial charge is 0.407 e. The number of tetrazole rings is 1. The average Bonchev–Trinajstić information content (AvgIpc) is 2.62. The van der Waals surface area contributed by atoms with Crippen molar-refractivity contribution in [3.63, 3.8) is 0 Å². The normalized spacial score (nSPS) is 32.8. The van der Waals surface area contributed by atoms with Crippen LogP contribution in [0.3, 0.4) is 0 Å². The van der Waals surface area contributed by atoms with Gasteiger partial charge in [0.15, 0.2) is 5.82 Å². The molecule has 1 aromatic heterocycles. The minimum absolute atomic E-state index is 0.514. The van der Waals surface area contributed by atoms with Crippen molar-refractivity contribution in [3.05, 3.63) is 5.82 Å². The standard InChI is InChI=1S/C8H11N5O2/c14-8(15)13-2-5-4(6(5)3-13)1-7-9-11-12-10-7/h4-6H,1-3H2,(H,14,15)(H,9,10,11,12)/t4?,5-,6+. The van der Waals surface area contributed by atoms with Crippen LogP contribution in [0.1, 0.15) is 5.82 Å². The first kappa shape index (κ1) is 8.63. The number of nitrogens with one attached hydrogen (secondary N) is 1. The molecule has 1 saturated heterocycles. The molecule has 3 rings (SSSR count). The van der Waals surface area contributed by atoms with Crippen LogP contribution in [0.15, 0.2) is 0 Å². The highest BCUT2D eigenvalue weighted by Crippen LogP contribution is 2.52. The van der Waals surface area contributed by atoms with Crippen molar-refractivity contribution in [3.8, 4) is 0 Å². The van der Waals surface area contributed by atoms with Gasteiger partial charge in [-0.05, 0) is 17.8 Å². The molecule has 1 amide bonds. The highest BCUT2D eigenvalue weighted by molar-refractivity contribution is 5.65. The summed E-state index contributed by atoms with van der Waals surface area (Å²) in [7, 11) is 0. The molecule has 3 atom stereocenters. The van der Waals surface area contributed by atoms with Crippen LogP contribution < -0.4 is 0 Å². The number of rotatable bonds is 2. The third-order valence-electron chi connectivity index (χ3n) is 3.45. The number of amides is 1. The largest absolute Gasteiger partial charge is 0.465 e. The van der Waals surface area contributed by atoms with Gasteiger partial charge in [0.25, 0.3) is 0 Å². The number of aromatic amines is 1. The molecular formula is C8H11N5O2. The summed E-state index contributed by atoms with van der Waals surface area (Å²) in [4.78, 5) is 12.2. The third-order valence-corrected chi connectivity index (χ3v) is 3.45. The first-order chi connectivity index (χ1) is 7.25. The zero-order valence-electron chi connectivity index (χ0n) is 8.00. The number of carbonyl (C=O) groups is 1. The van der Waals surface area contributed by atoms with E-state index >= 15 is 0 Å². The second-order valence-electron chi connectivity index (χ2n) is 4.21. The fraction of sp³-hybridized carbons (Fsp3) is 0.750. The Balaban J connectivity index is 1.57. The highest BCUT2D eigenvalue weighted by atomic mass is 16.4. The van der Waals surface area contributed by atoms with Crippen molar-refractivity contribution in [2.45, 2.75) is 6.42 Å². The molecule has 7 heteroatoms. The van der Waals surface area contributed by atoms with Crippen LogP contribution in [0.5, 0.6) is 0 Å². The van der Waals surface area contributed by atoms with Crippen molar-refractivity contribution in [2.24, 2.45) is 17.8 Å². The van der Waals surface area contributed by atoms with Crippen molar-refractivity contribution in [1.82, 2.24) is 25.5 Å². The Hall–Kier alpha value is -1.66. The summed E-state index contributed by atoms with van der Waals surface area (Å²) < 4.78 is 0. The molecule has 80 valence electrons. The van der Waals surface area contributed by atoms with Crippen LogP contribution in [-0.4, -0.2) is 49.8 Å². The van der Waals surface area contributed by atoms with Gasteiger partial charge < -0.3 is 10.0 Å². The summed E-state index contributed by atoms with van der Waals surface area (Å²) in [6, 6.07) is 0. The van der Waals surface area contributed by atoms with Gasteiger partial charge in [0.2, 0.25) is 0 Å². The van der Waals surface area contributed by atoms with E-state index in [1.807, 2.05) is 0 Å². The van der Waals surface area contributed by atoms with Crippen LogP contribution in [0, 0.1) is 17.8 Å². The molecule has 1 unspecified atom stereocenters. The van der Waals surface area contributed by atoms with Crippen molar-refractivity contribution < 1.29 is 9.90 Å². The molecular weight excluding hydrogens is 198 g/mol. The van der Waals surface area contributed by atoms with E-state index in [4.69, 9.17) is 5.11 Å². The molecule has 2 fully saturated rings. The van der Waals surface area contributed by atoms with E-state index in [1.165, 1.54) is 4.90 Å². The fourth-order valence-corrected chi connectivity index (χ4v) is 2.59. The molecule has 15 heavy (non-hydrogen) atoms. The summed E-state index contributed by atoms with van der Waals surface area (Å²) in [5, 5.41) is 22.5. The molecule has 1 aliphatic carbocycles. The van der Waals surface area contributed by atoms with Gasteiger partial charge in [-0.25, -0.2) is 4.79 Å². The summed E-state index contributed by atoms with van der Waals surface area (Å²) in [6.07, 6.45) is 0.0137. The van der Waals surface area contributed by atoms with Crippen LogP contribution in [0.2, 0.25) is 0 Å². The Labute approximate surface area is 85.5 Å². The zero-order chi connectivity index (χ0) is 10.4. The zero-order valence-corrected chi connectivity index (χ0v) is 8.00.